The smallest absolute Gasteiger partial charge is 0.346 e. The van der Waals surface area contributed by atoms with Gasteiger partial charge in [-0.3, -0.25) is 0 Å². The highest BCUT2D eigenvalue weighted by atomic mass is 35.5. The highest BCUT2D eigenvalue weighted by molar-refractivity contribution is 7.12. The highest BCUT2D eigenvalue weighted by Gasteiger charge is 2.12. The van der Waals surface area contributed by atoms with E-state index in [1.807, 2.05) is 13.0 Å². The Hall–Kier alpha value is -1.52. The van der Waals surface area contributed by atoms with E-state index in [2.05, 4.69) is 0 Å². The molecule has 0 aliphatic heterocycles. The van der Waals surface area contributed by atoms with Crippen molar-refractivity contribution in [3.63, 3.8) is 0 Å². The van der Waals surface area contributed by atoms with Crippen molar-refractivity contribution in [2.45, 2.75) is 13.5 Å². The number of hydrogen-bond donors (Lipinski definition) is 1. The van der Waals surface area contributed by atoms with Crippen LogP contribution >= 0.6 is 22.9 Å². The molecule has 1 heterocycles. The van der Waals surface area contributed by atoms with Crippen molar-refractivity contribution < 1.29 is 14.6 Å². The van der Waals surface area contributed by atoms with Gasteiger partial charge in [0, 0.05) is 10.6 Å². The van der Waals surface area contributed by atoms with Gasteiger partial charge in [-0.25, -0.2) is 4.79 Å². The van der Waals surface area contributed by atoms with Gasteiger partial charge < -0.3 is 9.84 Å². The first-order chi connectivity index (χ1) is 8.58. The maximum atomic E-state index is 10.9. The fourth-order valence-electron chi connectivity index (χ4n) is 1.52. The van der Waals surface area contributed by atoms with E-state index < -0.39 is 5.97 Å². The fraction of sp³-hybridized carbons (Fsp3) is 0.154. The SMILES string of the molecule is Cc1ccc(Cl)cc1OCc1ccsc1C(=O)O. The molecule has 0 aliphatic rings. The van der Waals surface area contributed by atoms with E-state index in [0.29, 0.717) is 21.2 Å². The molecule has 0 saturated heterocycles. The second-order valence-corrected chi connectivity index (χ2v) is 5.13. The average molecular weight is 283 g/mol. The van der Waals surface area contributed by atoms with Crippen LogP contribution in [0.3, 0.4) is 0 Å². The van der Waals surface area contributed by atoms with Crippen LogP contribution in [0.2, 0.25) is 5.02 Å². The molecule has 0 fully saturated rings. The Morgan fingerprint density at radius 2 is 2.22 bits per heavy atom. The van der Waals surface area contributed by atoms with Gasteiger partial charge in [0.05, 0.1) is 0 Å². The largest absolute Gasteiger partial charge is 0.489 e. The summed E-state index contributed by atoms with van der Waals surface area (Å²) >= 11 is 7.08. The summed E-state index contributed by atoms with van der Waals surface area (Å²) in [4.78, 5) is 11.3. The van der Waals surface area contributed by atoms with Gasteiger partial charge in [-0.15, -0.1) is 11.3 Å². The van der Waals surface area contributed by atoms with Crippen LogP contribution < -0.4 is 4.74 Å². The zero-order valence-corrected chi connectivity index (χ0v) is 11.2. The number of benzene rings is 1. The molecule has 0 bridgehead atoms. The van der Waals surface area contributed by atoms with Crippen molar-refractivity contribution in [1.29, 1.82) is 0 Å². The minimum atomic E-state index is -0.925. The molecule has 1 aromatic heterocycles. The van der Waals surface area contributed by atoms with Gasteiger partial charge in [0.1, 0.15) is 17.2 Å². The predicted molar refractivity (Wildman–Crippen MR) is 71.8 cm³/mol. The molecule has 0 atom stereocenters. The number of carboxylic acids is 1. The van der Waals surface area contributed by atoms with Gasteiger partial charge >= 0.3 is 5.97 Å². The molecule has 0 spiro atoms. The molecule has 0 amide bonds. The number of halogens is 1. The van der Waals surface area contributed by atoms with Gasteiger partial charge in [0.25, 0.3) is 0 Å². The minimum Gasteiger partial charge on any atom is -0.489 e. The van der Waals surface area contributed by atoms with Crippen molar-refractivity contribution in [3.8, 4) is 5.75 Å². The molecule has 5 heteroatoms. The summed E-state index contributed by atoms with van der Waals surface area (Å²) in [7, 11) is 0. The molecule has 94 valence electrons. The summed E-state index contributed by atoms with van der Waals surface area (Å²) < 4.78 is 5.61. The average Bonchev–Trinajstić information content (AvgIpc) is 2.79. The van der Waals surface area contributed by atoms with Crippen LogP contribution in [0.1, 0.15) is 20.8 Å². The van der Waals surface area contributed by atoms with Crippen molar-refractivity contribution in [3.05, 3.63) is 50.7 Å². The first-order valence-electron chi connectivity index (χ1n) is 5.26. The number of thiophene rings is 1. The van der Waals surface area contributed by atoms with Crippen molar-refractivity contribution >= 4 is 28.9 Å². The number of hydrogen-bond acceptors (Lipinski definition) is 3. The van der Waals surface area contributed by atoms with Crippen molar-refractivity contribution in [1.82, 2.24) is 0 Å². The number of aryl methyl sites for hydroxylation is 1. The van der Waals surface area contributed by atoms with Gasteiger partial charge in [-0.1, -0.05) is 17.7 Å². The first-order valence-corrected chi connectivity index (χ1v) is 6.52. The van der Waals surface area contributed by atoms with Crippen LogP contribution in [0.15, 0.2) is 29.6 Å². The van der Waals surface area contributed by atoms with E-state index in [1.165, 1.54) is 11.3 Å². The van der Waals surface area contributed by atoms with Crippen LogP contribution in [0, 0.1) is 6.92 Å². The Morgan fingerprint density at radius 1 is 1.44 bits per heavy atom. The molecule has 0 radical (unpaired) electrons. The third-order valence-corrected chi connectivity index (χ3v) is 3.65. The zero-order valence-electron chi connectivity index (χ0n) is 9.64. The van der Waals surface area contributed by atoms with Crippen molar-refractivity contribution in [2.75, 3.05) is 0 Å². The first kappa shape index (κ1) is 12.9. The van der Waals surface area contributed by atoms with E-state index in [1.54, 1.807) is 23.6 Å². The molecule has 1 aromatic carbocycles. The molecule has 18 heavy (non-hydrogen) atoms. The lowest BCUT2D eigenvalue weighted by molar-refractivity contribution is 0.0699. The number of carboxylic acid groups (broad SMARTS) is 1. The molecule has 3 nitrogen and oxygen atoms in total. The van der Waals surface area contributed by atoms with Crippen LogP contribution in [-0.2, 0) is 6.61 Å². The lowest BCUT2D eigenvalue weighted by atomic mass is 10.2. The number of rotatable bonds is 4. The maximum Gasteiger partial charge on any atom is 0.346 e. The molecule has 2 rings (SSSR count). The van der Waals surface area contributed by atoms with Crippen LogP contribution in [-0.4, -0.2) is 11.1 Å². The Kier molecular flexibility index (Phi) is 3.89. The zero-order chi connectivity index (χ0) is 13.1. The van der Waals surface area contributed by atoms with E-state index in [9.17, 15) is 4.79 Å². The topological polar surface area (TPSA) is 46.5 Å². The Labute approximate surface area is 114 Å². The third kappa shape index (κ3) is 2.83. The van der Waals surface area contributed by atoms with E-state index in [-0.39, 0.29) is 6.61 Å². The second kappa shape index (κ2) is 5.42. The lowest BCUT2D eigenvalue weighted by Gasteiger charge is -2.09. The van der Waals surface area contributed by atoms with E-state index in [0.717, 1.165) is 5.56 Å². The second-order valence-electron chi connectivity index (χ2n) is 3.78. The van der Waals surface area contributed by atoms with E-state index in [4.69, 9.17) is 21.4 Å². The standard InChI is InChI=1S/C13H11ClO3S/c1-8-2-3-10(14)6-11(8)17-7-9-4-5-18-12(9)13(15)16/h2-6H,7H2,1H3,(H,15,16). The van der Waals surface area contributed by atoms with Crippen LogP contribution in [0.4, 0.5) is 0 Å². The number of aromatic carboxylic acids is 1. The van der Waals surface area contributed by atoms with Gasteiger partial charge in [0.2, 0.25) is 0 Å². The number of carbonyl (C=O) groups is 1. The van der Waals surface area contributed by atoms with Gasteiger partial charge in [-0.2, -0.15) is 0 Å². The summed E-state index contributed by atoms with van der Waals surface area (Å²) in [5.74, 6) is -0.253. The third-order valence-electron chi connectivity index (χ3n) is 2.47. The number of ether oxygens (including phenoxy) is 1. The van der Waals surface area contributed by atoms with Crippen molar-refractivity contribution in [2.24, 2.45) is 0 Å². The molecule has 0 unspecified atom stereocenters. The van der Waals surface area contributed by atoms with Crippen LogP contribution in [0.25, 0.3) is 0 Å². The predicted octanol–water partition coefficient (Wildman–Crippen LogP) is 3.99. The summed E-state index contributed by atoms with van der Waals surface area (Å²) in [6.07, 6.45) is 0. The van der Waals surface area contributed by atoms with E-state index >= 15 is 0 Å². The molecular weight excluding hydrogens is 272 g/mol. The van der Waals surface area contributed by atoms with Gasteiger partial charge in [-0.05, 0) is 36.1 Å². The Bertz CT molecular complexity index is 577. The molecule has 0 saturated carbocycles. The lowest BCUT2D eigenvalue weighted by Crippen LogP contribution is -2.02. The summed E-state index contributed by atoms with van der Waals surface area (Å²) in [5, 5.41) is 11.3. The normalized spacial score (nSPS) is 10.3. The molecule has 2 aromatic rings. The summed E-state index contributed by atoms with van der Waals surface area (Å²) in [6, 6.07) is 7.14. The molecule has 0 aliphatic carbocycles. The highest BCUT2D eigenvalue weighted by Crippen LogP contribution is 2.25. The quantitative estimate of drug-likeness (QED) is 0.922. The maximum absolute atomic E-state index is 10.9. The van der Waals surface area contributed by atoms with Crippen LogP contribution in [0.5, 0.6) is 5.75 Å². The Balaban J connectivity index is 2.14. The Morgan fingerprint density at radius 3 is 2.94 bits per heavy atom. The monoisotopic (exact) mass is 282 g/mol. The molecule has 1 N–H and O–H groups in total. The molecular formula is C13H11ClO3S. The fourth-order valence-corrected chi connectivity index (χ4v) is 2.43. The summed E-state index contributed by atoms with van der Waals surface area (Å²) in [6.45, 7) is 2.14. The van der Waals surface area contributed by atoms with Gasteiger partial charge in [0.15, 0.2) is 0 Å². The summed E-state index contributed by atoms with van der Waals surface area (Å²) in [5.41, 5.74) is 1.64. The minimum absolute atomic E-state index is 0.228.